The predicted molar refractivity (Wildman–Crippen MR) is 38.1 cm³/mol. The minimum absolute atomic E-state index is 0.0108. The molecule has 0 saturated carbocycles. The first-order valence-electron chi connectivity index (χ1n) is 2.78. The number of carbonyl (C=O) groups excluding carboxylic acids is 1. The molecular formula is C6H4ClN3O. The molecule has 0 N–H and O–H groups in total. The second-order valence-electron chi connectivity index (χ2n) is 1.94. The third-order valence-corrected chi connectivity index (χ3v) is 1.41. The summed E-state index contributed by atoms with van der Waals surface area (Å²) in [6.07, 6.45) is 1.37. The number of rotatable bonds is 1. The molecule has 1 rings (SSSR count). The van der Waals surface area contributed by atoms with Crippen LogP contribution in [0.25, 0.3) is 0 Å². The van der Waals surface area contributed by atoms with Crippen LogP contribution in [0.1, 0.15) is 16.2 Å². The number of hydrogen-bond acceptors (Lipinski definition) is 3. The van der Waals surface area contributed by atoms with Crippen molar-refractivity contribution in [1.82, 2.24) is 9.55 Å². The lowest BCUT2D eigenvalue weighted by Crippen LogP contribution is -1.96. The largest absolute Gasteiger partial charge is 0.325 e. The van der Waals surface area contributed by atoms with Crippen LogP contribution in [0.3, 0.4) is 0 Å². The summed E-state index contributed by atoms with van der Waals surface area (Å²) >= 11 is 5.13. The number of aromatic nitrogens is 2. The molecule has 0 amide bonds. The van der Waals surface area contributed by atoms with Crippen molar-refractivity contribution in [2.45, 2.75) is 0 Å². The zero-order valence-electron chi connectivity index (χ0n) is 5.71. The Morgan fingerprint density at radius 3 is 2.91 bits per heavy atom. The van der Waals surface area contributed by atoms with Gasteiger partial charge in [0.15, 0.2) is 11.4 Å². The molecule has 0 aliphatic carbocycles. The normalized spacial score (nSPS) is 9.18. The summed E-state index contributed by atoms with van der Waals surface area (Å²) < 4.78 is 1.44. The van der Waals surface area contributed by atoms with Crippen molar-refractivity contribution in [1.29, 1.82) is 5.26 Å². The molecule has 0 unspecified atom stereocenters. The molecule has 0 radical (unpaired) electrons. The first-order chi connectivity index (χ1) is 5.16. The minimum atomic E-state index is -0.706. The topological polar surface area (TPSA) is 58.7 Å². The molecule has 0 aliphatic heterocycles. The first kappa shape index (κ1) is 7.76. The molecule has 0 aromatic carbocycles. The summed E-state index contributed by atoms with van der Waals surface area (Å²) in [7, 11) is 1.62. The van der Waals surface area contributed by atoms with Crippen molar-refractivity contribution in [2.75, 3.05) is 0 Å². The lowest BCUT2D eigenvalue weighted by Gasteiger charge is -1.89. The number of nitrogens with zero attached hydrogens (tertiary/aromatic N) is 3. The highest BCUT2D eigenvalue weighted by molar-refractivity contribution is 6.67. The van der Waals surface area contributed by atoms with Crippen molar-refractivity contribution in [2.24, 2.45) is 7.05 Å². The molecule has 0 fully saturated rings. The summed E-state index contributed by atoms with van der Waals surface area (Å²) in [5, 5.41) is 7.81. The second kappa shape index (κ2) is 2.72. The molecule has 56 valence electrons. The molecule has 11 heavy (non-hydrogen) atoms. The van der Waals surface area contributed by atoms with Crippen LogP contribution >= 0.6 is 11.6 Å². The smallest absolute Gasteiger partial charge is 0.273 e. The summed E-state index contributed by atoms with van der Waals surface area (Å²) in [6.45, 7) is 0. The Labute approximate surface area is 68.0 Å². The number of hydrogen-bond donors (Lipinski definition) is 0. The van der Waals surface area contributed by atoms with E-state index in [9.17, 15) is 4.79 Å². The van der Waals surface area contributed by atoms with Crippen LogP contribution in [-0.4, -0.2) is 14.8 Å². The zero-order chi connectivity index (χ0) is 8.43. The van der Waals surface area contributed by atoms with E-state index in [4.69, 9.17) is 16.9 Å². The Bertz CT molecular complexity index is 336. The Morgan fingerprint density at radius 2 is 2.55 bits per heavy atom. The van der Waals surface area contributed by atoms with Gasteiger partial charge in [-0.1, -0.05) is 0 Å². The van der Waals surface area contributed by atoms with E-state index < -0.39 is 5.24 Å². The fraction of sp³-hybridized carbons (Fsp3) is 0.167. The zero-order valence-corrected chi connectivity index (χ0v) is 6.46. The van der Waals surface area contributed by atoms with Crippen LogP contribution in [0.15, 0.2) is 6.33 Å². The maximum absolute atomic E-state index is 10.6. The third kappa shape index (κ3) is 1.23. The molecule has 0 saturated heterocycles. The summed E-state index contributed by atoms with van der Waals surface area (Å²) in [4.78, 5) is 14.2. The van der Waals surface area contributed by atoms with Crippen molar-refractivity contribution >= 4 is 16.8 Å². The van der Waals surface area contributed by atoms with E-state index in [1.807, 2.05) is 6.07 Å². The highest BCUT2D eigenvalue weighted by Gasteiger charge is 2.13. The summed E-state index contributed by atoms with van der Waals surface area (Å²) in [5.74, 6) is 0. The number of carbonyl (C=O) groups is 1. The average Bonchev–Trinajstić information content (AvgIpc) is 2.30. The second-order valence-corrected chi connectivity index (χ2v) is 2.28. The third-order valence-electron chi connectivity index (χ3n) is 1.23. The molecule has 0 aliphatic rings. The molecule has 4 nitrogen and oxygen atoms in total. The SMILES string of the molecule is Cn1cnc(C(=O)Cl)c1C#N. The van der Waals surface area contributed by atoms with Gasteiger partial charge in [0.2, 0.25) is 0 Å². The maximum atomic E-state index is 10.6. The highest BCUT2D eigenvalue weighted by atomic mass is 35.5. The lowest BCUT2D eigenvalue weighted by atomic mass is 10.4. The predicted octanol–water partition coefficient (Wildman–Crippen LogP) is 0.671. The van der Waals surface area contributed by atoms with E-state index in [0.717, 1.165) is 0 Å². The van der Waals surface area contributed by atoms with Crippen molar-refractivity contribution in [3.8, 4) is 6.07 Å². The molecule has 0 atom stereocenters. The maximum Gasteiger partial charge on any atom is 0.273 e. The quantitative estimate of drug-likeness (QED) is 0.581. The number of nitriles is 1. The molecule has 0 bridgehead atoms. The standard InChI is InChI=1S/C6H4ClN3O/c1-10-3-9-5(6(7)11)4(10)2-8/h3H,1H3. The van der Waals surface area contributed by atoms with E-state index in [1.54, 1.807) is 7.05 Å². The molecule has 5 heteroatoms. The Morgan fingerprint density at radius 1 is 1.91 bits per heavy atom. The van der Waals surface area contributed by atoms with Gasteiger partial charge in [0, 0.05) is 7.05 Å². The summed E-state index contributed by atoms with van der Waals surface area (Å²) in [6, 6.07) is 1.82. The van der Waals surface area contributed by atoms with E-state index in [0.29, 0.717) is 0 Å². The van der Waals surface area contributed by atoms with E-state index >= 15 is 0 Å². The van der Waals surface area contributed by atoms with Gasteiger partial charge in [0.1, 0.15) is 6.07 Å². The van der Waals surface area contributed by atoms with Crippen molar-refractivity contribution in [3.05, 3.63) is 17.7 Å². The van der Waals surface area contributed by atoms with Gasteiger partial charge in [0.05, 0.1) is 6.33 Å². The van der Waals surface area contributed by atoms with E-state index in [2.05, 4.69) is 4.98 Å². The van der Waals surface area contributed by atoms with Gasteiger partial charge in [-0.15, -0.1) is 0 Å². The number of aryl methyl sites for hydroxylation is 1. The first-order valence-corrected chi connectivity index (χ1v) is 3.16. The van der Waals surface area contributed by atoms with Gasteiger partial charge < -0.3 is 4.57 Å². The monoisotopic (exact) mass is 169 g/mol. The number of halogens is 1. The lowest BCUT2D eigenvalue weighted by molar-refractivity contribution is 0.107. The molecule has 1 heterocycles. The Balaban J connectivity index is 3.30. The van der Waals surface area contributed by atoms with Gasteiger partial charge in [0.25, 0.3) is 5.24 Å². The number of imidazole rings is 1. The minimum Gasteiger partial charge on any atom is -0.325 e. The average molecular weight is 170 g/mol. The van der Waals surface area contributed by atoms with Crippen LogP contribution in [0.4, 0.5) is 0 Å². The van der Waals surface area contributed by atoms with Crippen LogP contribution < -0.4 is 0 Å². The highest BCUT2D eigenvalue weighted by Crippen LogP contribution is 2.06. The fourth-order valence-corrected chi connectivity index (χ4v) is 0.844. The van der Waals surface area contributed by atoms with Gasteiger partial charge in [-0.2, -0.15) is 5.26 Å². The van der Waals surface area contributed by atoms with Crippen LogP contribution in [0, 0.1) is 11.3 Å². The van der Waals surface area contributed by atoms with Crippen LogP contribution in [0.2, 0.25) is 0 Å². The van der Waals surface area contributed by atoms with Crippen LogP contribution in [0.5, 0.6) is 0 Å². The molecular weight excluding hydrogens is 166 g/mol. The fourth-order valence-electron chi connectivity index (χ4n) is 0.706. The van der Waals surface area contributed by atoms with Crippen molar-refractivity contribution < 1.29 is 4.79 Å². The van der Waals surface area contributed by atoms with E-state index in [-0.39, 0.29) is 11.4 Å². The van der Waals surface area contributed by atoms with Gasteiger partial charge in [-0.3, -0.25) is 4.79 Å². The van der Waals surface area contributed by atoms with Gasteiger partial charge in [-0.25, -0.2) is 4.98 Å². The van der Waals surface area contributed by atoms with Gasteiger partial charge >= 0.3 is 0 Å². The van der Waals surface area contributed by atoms with Crippen molar-refractivity contribution in [3.63, 3.8) is 0 Å². The Kier molecular flexibility index (Phi) is 1.92. The van der Waals surface area contributed by atoms with Gasteiger partial charge in [-0.05, 0) is 11.6 Å². The summed E-state index contributed by atoms with van der Waals surface area (Å²) in [5.41, 5.74) is 0.196. The molecule has 1 aromatic rings. The molecule has 0 spiro atoms. The Hall–Kier alpha value is -1.34. The molecule has 1 aromatic heterocycles. The van der Waals surface area contributed by atoms with E-state index in [1.165, 1.54) is 10.9 Å². The van der Waals surface area contributed by atoms with Crippen LogP contribution in [-0.2, 0) is 7.05 Å².